The molecule has 6 heteroatoms. The maximum atomic E-state index is 6.13. The first kappa shape index (κ1) is 24.1. The Bertz CT molecular complexity index is 1070. The molecule has 5 nitrogen and oxygen atoms in total. The molecule has 0 radical (unpaired) electrons. The van der Waals surface area contributed by atoms with Crippen LogP contribution >= 0.6 is 15.9 Å². The second-order valence-electron chi connectivity index (χ2n) is 7.73. The molecule has 1 heterocycles. The van der Waals surface area contributed by atoms with Gasteiger partial charge < -0.3 is 19.5 Å². The summed E-state index contributed by atoms with van der Waals surface area (Å²) in [6, 6.07) is 14.1. The van der Waals surface area contributed by atoms with Crippen LogP contribution in [0.1, 0.15) is 47.9 Å². The molecule has 1 unspecified atom stereocenters. The second-order valence-corrected chi connectivity index (χ2v) is 8.59. The van der Waals surface area contributed by atoms with Crippen LogP contribution in [0.25, 0.3) is 0 Å². The van der Waals surface area contributed by atoms with E-state index in [1.54, 1.807) is 7.11 Å². The number of nitrogens with one attached hydrogen (secondary N) is 1. The molecule has 1 N–H and O–H groups in total. The maximum absolute atomic E-state index is 6.13. The summed E-state index contributed by atoms with van der Waals surface area (Å²) in [5.74, 6) is 2.44. The predicted molar refractivity (Wildman–Crippen MR) is 133 cm³/mol. The van der Waals surface area contributed by atoms with Crippen molar-refractivity contribution in [2.24, 2.45) is 0 Å². The number of pyridine rings is 1. The minimum atomic E-state index is -0.00370. The van der Waals surface area contributed by atoms with E-state index in [0.29, 0.717) is 13.2 Å². The molecule has 0 fully saturated rings. The summed E-state index contributed by atoms with van der Waals surface area (Å²) in [6.07, 6.45) is -0.00370. The van der Waals surface area contributed by atoms with E-state index in [0.717, 1.165) is 55.4 Å². The van der Waals surface area contributed by atoms with Gasteiger partial charge in [0.05, 0.1) is 17.7 Å². The lowest BCUT2D eigenvalue weighted by molar-refractivity contribution is 0.0756. The highest BCUT2D eigenvalue weighted by Crippen LogP contribution is 2.35. The van der Waals surface area contributed by atoms with Crippen LogP contribution in [-0.2, 0) is 11.3 Å². The number of aryl methyl sites for hydroxylation is 2. The van der Waals surface area contributed by atoms with Gasteiger partial charge in [-0.1, -0.05) is 18.2 Å². The fourth-order valence-corrected chi connectivity index (χ4v) is 4.05. The van der Waals surface area contributed by atoms with Gasteiger partial charge >= 0.3 is 0 Å². The maximum Gasteiger partial charge on any atom is 0.145 e. The van der Waals surface area contributed by atoms with E-state index >= 15 is 0 Å². The number of anilines is 2. The second kappa shape index (κ2) is 10.8. The Morgan fingerprint density at radius 2 is 1.78 bits per heavy atom. The van der Waals surface area contributed by atoms with Crippen molar-refractivity contribution in [1.82, 2.24) is 4.98 Å². The molecule has 0 saturated heterocycles. The van der Waals surface area contributed by atoms with Crippen molar-refractivity contribution in [3.05, 3.63) is 74.9 Å². The molecular weight excluding hydrogens is 468 g/mol. The first-order chi connectivity index (χ1) is 15.3. The molecule has 0 amide bonds. The molecule has 1 aromatic heterocycles. The lowest BCUT2D eigenvalue weighted by Gasteiger charge is -2.19. The standard InChI is InChI=1S/C26H31BrN2O3/c1-7-31-19(5)22-14-23(27)26(28-18(22)4)29-25-16(2)8-13-24(17(25)3)32-15-20-9-11-21(30-6)12-10-20/h8-14,19H,7,15H2,1-6H3,(H,28,29). The van der Waals surface area contributed by atoms with Gasteiger partial charge in [-0.2, -0.15) is 0 Å². The quantitative estimate of drug-likeness (QED) is 0.338. The van der Waals surface area contributed by atoms with Crippen molar-refractivity contribution in [3.63, 3.8) is 0 Å². The molecule has 3 rings (SSSR count). The molecule has 0 saturated carbocycles. The fourth-order valence-electron chi connectivity index (χ4n) is 3.61. The van der Waals surface area contributed by atoms with Crippen LogP contribution in [0.3, 0.4) is 0 Å². The van der Waals surface area contributed by atoms with E-state index in [1.165, 1.54) is 0 Å². The van der Waals surface area contributed by atoms with E-state index < -0.39 is 0 Å². The molecule has 3 aromatic rings. The lowest BCUT2D eigenvalue weighted by atomic mass is 10.1. The highest BCUT2D eigenvalue weighted by atomic mass is 79.9. The van der Waals surface area contributed by atoms with Gasteiger partial charge in [-0.25, -0.2) is 4.98 Å². The fraction of sp³-hybridized carbons (Fsp3) is 0.346. The number of hydrogen-bond acceptors (Lipinski definition) is 5. The van der Waals surface area contributed by atoms with Crippen molar-refractivity contribution in [2.45, 2.75) is 47.3 Å². The third kappa shape index (κ3) is 5.61. The third-order valence-corrected chi connectivity index (χ3v) is 6.09. The zero-order valence-electron chi connectivity index (χ0n) is 19.6. The molecule has 0 spiro atoms. The van der Waals surface area contributed by atoms with Gasteiger partial charge in [-0.15, -0.1) is 0 Å². The smallest absolute Gasteiger partial charge is 0.145 e. The summed E-state index contributed by atoms with van der Waals surface area (Å²) in [7, 11) is 1.66. The van der Waals surface area contributed by atoms with Crippen LogP contribution in [0.15, 0.2) is 46.9 Å². The molecule has 0 aliphatic heterocycles. The Balaban J connectivity index is 1.81. The topological polar surface area (TPSA) is 52.6 Å². The Labute approximate surface area is 199 Å². The van der Waals surface area contributed by atoms with Crippen molar-refractivity contribution >= 4 is 27.4 Å². The van der Waals surface area contributed by atoms with Gasteiger partial charge in [-0.05, 0) is 85.9 Å². The van der Waals surface area contributed by atoms with Gasteiger partial charge in [0.25, 0.3) is 0 Å². The van der Waals surface area contributed by atoms with E-state index in [2.05, 4.69) is 47.2 Å². The molecule has 0 aliphatic carbocycles. The van der Waals surface area contributed by atoms with Crippen molar-refractivity contribution < 1.29 is 14.2 Å². The number of halogens is 1. The molecule has 0 aliphatic rings. The Morgan fingerprint density at radius 3 is 2.44 bits per heavy atom. The van der Waals surface area contributed by atoms with Crippen LogP contribution in [0.5, 0.6) is 11.5 Å². The average Bonchev–Trinajstić information content (AvgIpc) is 2.78. The summed E-state index contributed by atoms with van der Waals surface area (Å²) in [5.41, 5.74) is 6.26. The molecule has 2 aromatic carbocycles. The summed E-state index contributed by atoms with van der Waals surface area (Å²) in [4.78, 5) is 4.80. The summed E-state index contributed by atoms with van der Waals surface area (Å²) >= 11 is 3.68. The Morgan fingerprint density at radius 1 is 1.06 bits per heavy atom. The minimum absolute atomic E-state index is 0.00370. The Kier molecular flexibility index (Phi) is 8.15. The summed E-state index contributed by atoms with van der Waals surface area (Å²) in [5, 5.41) is 3.51. The van der Waals surface area contributed by atoms with Crippen LogP contribution in [0, 0.1) is 20.8 Å². The minimum Gasteiger partial charge on any atom is -0.497 e. The number of ether oxygens (including phenoxy) is 3. The van der Waals surface area contributed by atoms with Gasteiger partial charge in [0.1, 0.15) is 23.9 Å². The molecule has 1 atom stereocenters. The van der Waals surface area contributed by atoms with Crippen LogP contribution in [0.2, 0.25) is 0 Å². The summed E-state index contributed by atoms with van der Waals surface area (Å²) < 4.78 is 18.0. The predicted octanol–water partition coefficient (Wildman–Crippen LogP) is 7.20. The number of methoxy groups -OCH3 is 1. The zero-order chi connectivity index (χ0) is 23.3. The van der Waals surface area contributed by atoms with Gasteiger partial charge in [0, 0.05) is 29.1 Å². The monoisotopic (exact) mass is 498 g/mol. The lowest BCUT2D eigenvalue weighted by Crippen LogP contribution is -2.07. The van der Waals surface area contributed by atoms with Crippen molar-refractivity contribution in [3.8, 4) is 11.5 Å². The SMILES string of the molecule is CCOC(C)c1cc(Br)c(Nc2c(C)ccc(OCc3ccc(OC)cc3)c2C)nc1C. The highest BCUT2D eigenvalue weighted by molar-refractivity contribution is 9.10. The number of nitrogens with zero attached hydrogens (tertiary/aromatic N) is 1. The largest absolute Gasteiger partial charge is 0.497 e. The van der Waals surface area contributed by atoms with E-state index in [9.17, 15) is 0 Å². The first-order valence-electron chi connectivity index (χ1n) is 10.8. The van der Waals surface area contributed by atoms with E-state index in [-0.39, 0.29) is 6.10 Å². The van der Waals surface area contributed by atoms with Crippen LogP contribution < -0.4 is 14.8 Å². The number of rotatable bonds is 9. The van der Waals surface area contributed by atoms with Gasteiger partial charge in [0.15, 0.2) is 0 Å². The van der Waals surface area contributed by atoms with Crippen molar-refractivity contribution in [2.75, 3.05) is 19.0 Å². The number of hydrogen-bond donors (Lipinski definition) is 1. The number of aromatic nitrogens is 1. The number of benzene rings is 2. The average molecular weight is 499 g/mol. The third-order valence-electron chi connectivity index (χ3n) is 5.48. The summed E-state index contributed by atoms with van der Waals surface area (Å²) in [6.45, 7) is 11.3. The normalized spacial score (nSPS) is 11.8. The van der Waals surface area contributed by atoms with E-state index in [1.807, 2.05) is 51.1 Å². The van der Waals surface area contributed by atoms with E-state index in [4.69, 9.17) is 19.2 Å². The van der Waals surface area contributed by atoms with Crippen LogP contribution in [0.4, 0.5) is 11.5 Å². The molecular formula is C26H31BrN2O3. The first-order valence-corrected chi connectivity index (χ1v) is 11.5. The molecule has 32 heavy (non-hydrogen) atoms. The zero-order valence-corrected chi connectivity index (χ0v) is 21.2. The van der Waals surface area contributed by atoms with Crippen molar-refractivity contribution in [1.29, 1.82) is 0 Å². The highest BCUT2D eigenvalue weighted by Gasteiger charge is 2.16. The molecule has 170 valence electrons. The Hall–Kier alpha value is -2.57. The van der Waals surface area contributed by atoms with Gasteiger partial charge in [-0.3, -0.25) is 0 Å². The molecule has 0 bridgehead atoms. The van der Waals surface area contributed by atoms with Crippen LogP contribution in [-0.4, -0.2) is 18.7 Å². The van der Waals surface area contributed by atoms with Gasteiger partial charge in [0.2, 0.25) is 0 Å².